The quantitative estimate of drug-likeness (QED) is 0.625. The minimum absolute atomic E-state index is 0.130. The molecule has 6 nitrogen and oxygen atoms in total. The molecule has 2 unspecified atom stereocenters. The SMILES string of the molecule is COCCCNC(=O)C1CSC(c2ccccc2C)N1C(=O)Nc1ccc(C)c(C)c1. The molecule has 0 spiro atoms. The van der Waals surface area contributed by atoms with Crippen LogP contribution in [0, 0.1) is 20.8 Å². The van der Waals surface area contributed by atoms with Gasteiger partial charge in [0.1, 0.15) is 11.4 Å². The zero-order chi connectivity index (χ0) is 22.4. The summed E-state index contributed by atoms with van der Waals surface area (Å²) in [7, 11) is 1.64. The topological polar surface area (TPSA) is 70.7 Å². The molecule has 31 heavy (non-hydrogen) atoms. The molecule has 0 saturated carbocycles. The first kappa shape index (κ1) is 23.2. The molecule has 1 heterocycles. The summed E-state index contributed by atoms with van der Waals surface area (Å²) in [6.07, 6.45) is 0.734. The number of nitrogens with one attached hydrogen (secondary N) is 2. The Morgan fingerprint density at radius 1 is 1.10 bits per heavy atom. The van der Waals surface area contributed by atoms with Crippen molar-refractivity contribution in [3.63, 3.8) is 0 Å². The smallest absolute Gasteiger partial charge is 0.323 e. The van der Waals surface area contributed by atoms with Crippen molar-refractivity contribution in [3.05, 3.63) is 64.7 Å². The lowest BCUT2D eigenvalue weighted by molar-refractivity contribution is -0.124. The Bertz CT molecular complexity index is 934. The predicted molar refractivity (Wildman–Crippen MR) is 126 cm³/mol. The van der Waals surface area contributed by atoms with Crippen molar-refractivity contribution >= 4 is 29.4 Å². The second-order valence-corrected chi connectivity index (χ2v) is 8.95. The Balaban J connectivity index is 1.83. The van der Waals surface area contributed by atoms with Gasteiger partial charge in [-0.05, 0) is 61.6 Å². The molecule has 0 bridgehead atoms. The van der Waals surface area contributed by atoms with Crippen LogP contribution in [0.1, 0.15) is 34.0 Å². The molecular formula is C24H31N3O3S. The third-order valence-electron chi connectivity index (χ3n) is 5.57. The van der Waals surface area contributed by atoms with Crippen molar-refractivity contribution in [2.75, 3.05) is 31.3 Å². The molecule has 1 aliphatic heterocycles. The van der Waals surface area contributed by atoms with E-state index in [4.69, 9.17) is 4.74 Å². The lowest BCUT2D eigenvalue weighted by Gasteiger charge is -2.30. The number of carbonyl (C=O) groups excluding carboxylic acids is 2. The summed E-state index contributed by atoms with van der Waals surface area (Å²) >= 11 is 1.62. The summed E-state index contributed by atoms with van der Waals surface area (Å²) in [5.41, 5.74) is 5.16. The zero-order valence-corrected chi connectivity index (χ0v) is 19.4. The van der Waals surface area contributed by atoms with Gasteiger partial charge in [0.15, 0.2) is 0 Å². The largest absolute Gasteiger partial charge is 0.385 e. The second kappa shape index (κ2) is 10.7. The highest BCUT2D eigenvalue weighted by atomic mass is 32.2. The second-order valence-electron chi connectivity index (χ2n) is 7.83. The van der Waals surface area contributed by atoms with Gasteiger partial charge in [-0.3, -0.25) is 9.69 Å². The van der Waals surface area contributed by atoms with Gasteiger partial charge in [-0.2, -0.15) is 0 Å². The van der Waals surface area contributed by atoms with Crippen LogP contribution >= 0.6 is 11.8 Å². The van der Waals surface area contributed by atoms with E-state index in [0.717, 1.165) is 28.8 Å². The molecule has 2 aromatic carbocycles. The predicted octanol–water partition coefficient (Wildman–Crippen LogP) is 4.41. The third-order valence-corrected chi connectivity index (χ3v) is 6.88. The Morgan fingerprint density at radius 2 is 1.87 bits per heavy atom. The number of anilines is 1. The number of urea groups is 1. The van der Waals surface area contributed by atoms with E-state index in [1.165, 1.54) is 5.56 Å². The maximum absolute atomic E-state index is 13.4. The highest BCUT2D eigenvalue weighted by molar-refractivity contribution is 7.99. The van der Waals surface area contributed by atoms with Gasteiger partial charge in [-0.25, -0.2) is 4.79 Å². The molecule has 2 aromatic rings. The fourth-order valence-corrected chi connectivity index (χ4v) is 5.14. The normalized spacial score (nSPS) is 18.1. The van der Waals surface area contributed by atoms with E-state index in [1.54, 1.807) is 23.8 Å². The number of benzene rings is 2. The molecule has 166 valence electrons. The van der Waals surface area contributed by atoms with Crippen molar-refractivity contribution in [1.29, 1.82) is 0 Å². The van der Waals surface area contributed by atoms with E-state index in [2.05, 4.69) is 10.6 Å². The maximum Gasteiger partial charge on any atom is 0.323 e. The first-order valence-electron chi connectivity index (χ1n) is 10.5. The van der Waals surface area contributed by atoms with Gasteiger partial charge in [-0.15, -0.1) is 11.8 Å². The van der Waals surface area contributed by atoms with Crippen LogP contribution in [0.5, 0.6) is 0 Å². The van der Waals surface area contributed by atoms with Crippen LogP contribution in [0.25, 0.3) is 0 Å². The third kappa shape index (κ3) is 5.60. The molecule has 1 saturated heterocycles. The number of rotatable bonds is 7. The van der Waals surface area contributed by atoms with Crippen LogP contribution in [0.3, 0.4) is 0 Å². The molecule has 1 aliphatic rings. The van der Waals surface area contributed by atoms with Crippen LogP contribution in [0.2, 0.25) is 0 Å². The fourth-order valence-electron chi connectivity index (χ4n) is 3.61. The average Bonchev–Trinajstić information content (AvgIpc) is 3.19. The molecule has 0 radical (unpaired) electrons. The van der Waals surface area contributed by atoms with Gasteiger partial charge < -0.3 is 15.4 Å². The lowest BCUT2D eigenvalue weighted by Crippen LogP contribution is -2.49. The minimum atomic E-state index is -0.538. The van der Waals surface area contributed by atoms with E-state index in [1.807, 2.05) is 63.2 Å². The summed E-state index contributed by atoms with van der Waals surface area (Å²) < 4.78 is 5.05. The number of carbonyl (C=O) groups is 2. The fraction of sp³-hybridized carbons (Fsp3) is 0.417. The summed E-state index contributed by atoms with van der Waals surface area (Å²) in [5.74, 6) is 0.421. The maximum atomic E-state index is 13.4. The lowest BCUT2D eigenvalue weighted by atomic mass is 10.1. The Hall–Kier alpha value is -2.51. The monoisotopic (exact) mass is 441 g/mol. The van der Waals surface area contributed by atoms with Gasteiger partial charge >= 0.3 is 6.03 Å². The Labute approximate surface area is 188 Å². The Kier molecular flexibility index (Phi) is 7.98. The number of hydrogen-bond donors (Lipinski definition) is 2. The van der Waals surface area contributed by atoms with Crippen molar-refractivity contribution in [3.8, 4) is 0 Å². The molecule has 3 rings (SSSR count). The van der Waals surface area contributed by atoms with Crippen LogP contribution in [0.4, 0.5) is 10.5 Å². The molecule has 7 heteroatoms. The highest BCUT2D eigenvalue weighted by Crippen LogP contribution is 2.42. The number of hydrogen-bond acceptors (Lipinski definition) is 4. The van der Waals surface area contributed by atoms with E-state index < -0.39 is 6.04 Å². The van der Waals surface area contributed by atoms with Gasteiger partial charge in [0.2, 0.25) is 5.91 Å². The molecular weight excluding hydrogens is 410 g/mol. The Morgan fingerprint density at radius 3 is 2.58 bits per heavy atom. The van der Waals surface area contributed by atoms with Crippen LogP contribution in [0.15, 0.2) is 42.5 Å². The van der Waals surface area contributed by atoms with Crippen LogP contribution in [-0.2, 0) is 9.53 Å². The van der Waals surface area contributed by atoms with Crippen LogP contribution in [-0.4, -0.2) is 48.9 Å². The molecule has 3 amide bonds. The molecule has 1 fully saturated rings. The first-order chi connectivity index (χ1) is 14.9. The van der Waals surface area contributed by atoms with Gasteiger partial charge in [0.05, 0.1) is 0 Å². The number of ether oxygens (including phenoxy) is 1. The summed E-state index contributed by atoms with van der Waals surface area (Å²) in [6, 6.07) is 13.1. The summed E-state index contributed by atoms with van der Waals surface area (Å²) in [5, 5.41) is 5.74. The van der Waals surface area contributed by atoms with Crippen molar-refractivity contribution in [2.45, 2.75) is 38.6 Å². The van der Waals surface area contributed by atoms with Crippen molar-refractivity contribution < 1.29 is 14.3 Å². The zero-order valence-electron chi connectivity index (χ0n) is 18.6. The molecule has 0 aromatic heterocycles. The highest BCUT2D eigenvalue weighted by Gasteiger charge is 2.42. The minimum Gasteiger partial charge on any atom is -0.385 e. The first-order valence-corrected chi connectivity index (χ1v) is 11.6. The number of methoxy groups -OCH3 is 1. The van der Waals surface area contributed by atoms with E-state index >= 15 is 0 Å². The van der Waals surface area contributed by atoms with Gasteiger partial charge in [0, 0.05) is 31.7 Å². The summed E-state index contributed by atoms with van der Waals surface area (Å²) in [6.45, 7) is 7.20. The van der Waals surface area contributed by atoms with E-state index in [-0.39, 0.29) is 17.3 Å². The van der Waals surface area contributed by atoms with Gasteiger partial charge in [-0.1, -0.05) is 30.3 Å². The standard InChI is InChI=1S/C24H31N3O3S/c1-16-10-11-19(14-18(16)3)26-24(29)27-21(22(28)25-12-7-13-30-4)15-31-23(27)20-9-6-5-8-17(20)2/h5-6,8-11,14,21,23H,7,12-13,15H2,1-4H3,(H,25,28)(H,26,29). The van der Waals surface area contributed by atoms with E-state index in [9.17, 15) is 9.59 Å². The molecule has 2 N–H and O–H groups in total. The van der Waals surface area contributed by atoms with Crippen molar-refractivity contribution in [2.24, 2.45) is 0 Å². The van der Waals surface area contributed by atoms with E-state index in [0.29, 0.717) is 18.9 Å². The number of aryl methyl sites for hydroxylation is 3. The average molecular weight is 442 g/mol. The number of amides is 3. The van der Waals surface area contributed by atoms with Crippen molar-refractivity contribution in [1.82, 2.24) is 10.2 Å². The van der Waals surface area contributed by atoms with Gasteiger partial charge in [0.25, 0.3) is 0 Å². The number of thioether (sulfide) groups is 1. The number of nitrogens with zero attached hydrogens (tertiary/aromatic N) is 1. The molecule has 2 atom stereocenters. The van der Waals surface area contributed by atoms with Crippen LogP contribution < -0.4 is 10.6 Å². The summed E-state index contributed by atoms with van der Waals surface area (Å²) in [4.78, 5) is 28.0. The molecule has 0 aliphatic carbocycles.